The van der Waals surface area contributed by atoms with E-state index in [0.29, 0.717) is 6.42 Å². The monoisotopic (exact) mass is 226 g/mol. The first kappa shape index (κ1) is 11.4. The van der Waals surface area contributed by atoms with Crippen LogP contribution in [-0.2, 0) is 4.79 Å². The molecule has 0 radical (unpaired) electrons. The summed E-state index contributed by atoms with van der Waals surface area (Å²) in [5.74, 6) is 0.165. The normalized spacial score (nSPS) is 12.0. The molecule has 17 heavy (non-hydrogen) atoms. The Bertz CT molecular complexity index is 491. The molecule has 0 heterocycles. The van der Waals surface area contributed by atoms with Gasteiger partial charge in [0.25, 0.3) is 0 Å². The Morgan fingerprint density at radius 3 is 2.29 bits per heavy atom. The summed E-state index contributed by atoms with van der Waals surface area (Å²) in [6.07, 6.45) is 1.27. The van der Waals surface area contributed by atoms with Gasteiger partial charge >= 0.3 is 0 Å². The zero-order valence-corrected chi connectivity index (χ0v) is 9.41. The highest BCUT2D eigenvalue weighted by molar-refractivity contribution is 5.55. The molecule has 0 spiro atoms. The van der Waals surface area contributed by atoms with E-state index in [9.17, 15) is 9.90 Å². The lowest BCUT2D eigenvalue weighted by Crippen LogP contribution is -2.02. The van der Waals surface area contributed by atoms with Gasteiger partial charge in [0, 0.05) is 17.9 Å². The van der Waals surface area contributed by atoms with Crippen LogP contribution >= 0.6 is 0 Å². The molecule has 0 aromatic heterocycles. The zero-order chi connectivity index (χ0) is 12.1. The second kappa shape index (κ2) is 5.30. The smallest absolute Gasteiger partial charge is 0.120 e. The topological polar surface area (TPSA) is 37.3 Å². The van der Waals surface area contributed by atoms with Crippen molar-refractivity contribution in [1.82, 2.24) is 0 Å². The van der Waals surface area contributed by atoms with Gasteiger partial charge in [-0.3, -0.25) is 0 Å². The number of phenolic OH excluding ortho intramolecular Hbond substituents is 1. The van der Waals surface area contributed by atoms with Gasteiger partial charge in [-0.05, 0) is 11.6 Å². The number of carbonyl (C=O) groups is 1. The molecule has 0 aliphatic heterocycles. The Balaban J connectivity index is 2.43. The summed E-state index contributed by atoms with van der Waals surface area (Å²) in [5.41, 5.74) is 1.84. The van der Waals surface area contributed by atoms with Gasteiger partial charge in [0.05, 0.1) is 0 Å². The van der Waals surface area contributed by atoms with E-state index in [1.54, 1.807) is 12.1 Å². The average Bonchev–Trinajstić information content (AvgIpc) is 2.38. The van der Waals surface area contributed by atoms with Crippen molar-refractivity contribution in [2.24, 2.45) is 0 Å². The minimum Gasteiger partial charge on any atom is -0.508 e. The SMILES string of the molecule is O=CCC(c1ccccc1)c1ccccc1O. The van der Waals surface area contributed by atoms with Crippen LogP contribution in [0.3, 0.4) is 0 Å². The molecular weight excluding hydrogens is 212 g/mol. The van der Waals surface area contributed by atoms with E-state index in [-0.39, 0.29) is 11.7 Å². The molecule has 0 aliphatic carbocycles. The molecule has 2 nitrogen and oxygen atoms in total. The molecule has 2 aromatic rings. The number of phenols is 1. The van der Waals surface area contributed by atoms with Crippen molar-refractivity contribution in [3.05, 3.63) is 65.7 Å². The number of hydrogen-bond donors (Lipinski definition) is 1. The Kier molecular flexibility index (Phi) is 3.55. The first-order valence-corrected chi connectivity index (χ1v) is 5.59. The van der Waals surface area contributed by atoms with E-state index in [0.717, 1.165) is 17.4 Å². The maximum absolute atomic E-state index is 10.8. The van der Waals surface area contributed by atoms with Crippen LogP contribution in [0.2, 0.25) is 0 Å². The summed E-state index contributed by atoms with van der Waals surface area (Å²) in [7, 11) is 0. The van der Waals surface area contributed by atoms with E-state index < -0.39 is 0 Å². The maximum atomic E-state index is 10.8. The second-order valence-corrected chi connectivity index (χ2v) is 3.92. The number of para-hydroxylation sites is 1. The summed E-state index contributed by atoms with van der Waals surface area (Å²) >= 11 is 0. The molecule has 0 aliphatic rings. The van der Waals surface area contributed by atoms with E-state index in [1.165, 1.54) is 0 Å². The number of carbonyl (C=O) groups excluding carboxylic acids is 1. The van der Waals surface area contributed by atoms with Crippen LogP contribution in [0.5, 0.6) is 5.75 Å². The summed E-state index contributed by atoms with van der Waals surface area (Å²) in [4.78, 5) is 10.8. The molecule has 1 N–H and O–H groups in total. The van der Waals surface area contributed by atoms with Crippen molar-refractivity contribution in [2.75, 3.05) is 0 Å². The van der Waals surface area contributed by atoms with Crippen molar-refractivity contribution in [3.63, 3.8) is 0 Å². The molecule has 0 saturated carbocycles. The lowest BCUT2D eigenvalue weighted by atomic mass is 9.88. The van der Waals surface area contributed by atoms with Gasteiger partial charge in [-0.25, -0.2) is 0 Å². The molecule has 0 amide bonds. The van der Waals surface area contributed by atoms with Crippen molar-refractivity contribution in [2.45, 2.75) is 12.3 Å². The third-order valence-electron chi connectivity index (χ3n) is 2.85. The molecule has 2 heteroatoms. The lowest BCUT2D eigenvalue weighted by molar-refractivity contribution is -0.108. The Morgan fingerprint density at radius 1 is 1.00 bits per heavy atom. The van der Waals surface area contributed by atoms with Crippen molar-refractivity contribution >= 4 is 6.29 Å². The number of aromatic hydroxyl groups is 1. The molecular formula is C15H14O2. The summed E-state index contributed by atoms with van der Waals surface area (Å²) in [6.45, 7) is 0. The minimum absolute atomic E-state index is 0.0742. The molecule has 0 fully saturated rings. The number of benzene rings is 2. The van der Waals surface area contributed by atoms with Crippen LogP contribution in [0.1, 0.15) is 23.5 Å². The number of aldehydes is 1. The van der Waals surface area contributed by atoms with Crippen molar-refractivity contribution in [1.29, 1.82) is 0 Å². The molecule has 0 bridgehead atoms. The predicted octanol–water partition coefficient (Wildman–Crippen LogP) is 3.11. The van der Waals surface area contributed by atoms with Crippen molar-refractivity contribution in [3.8, 4) is 5.75 Å². The Morgan fingerprint density at radius 2 is 1.65 bits per heavy atom. The fraction of sp³-hybridized carbons (Fsp3) is 0.133. The highest BCUT2D eigenvalue weighted by atomic mass is 16.3. The third kappa shape index (κ3) is 2.53. The molecule has 1 atom stereocenters. The van der Waals surface area contributed by atoms with Gasteiger partial charge < -0.3 is 9.90 Å². The quantitative estimate of drug-likeness (QED) is 0.813. The standard InChI is InChI=1S/C15H14O2/c16-11-10-13(12-6-2-1-3-7-12)14-8-4-5-9-15(14)17/h1-9,11,13,17H,10H2. The van der Waals surface area contributed by atoms with Gasteiger partial charge in [-0.15, -0.1) is 0 Å². The van der Waals surface area contributed by atoms with Gasteiger partial charge in [0.15, 0.2) is 0 Å². The summed E-state index contributed by atoms with van der Waals surface area (Å²) < 4.78 is 0. The number of rotatable bonds is 4. The summed E-state index contributed by atoms with van der Waals surface area (Å²) in [5, 5.41) is 9.85. The van der Waals surface area contributed by atoms with Crippen LogP contribution in [-0.4, -0.2) is 11.4 Å². The fourth-order valence-corrected chi connectivity index (χ4v) is 2.01. The zero-order valence-electron chi connectivity index (χ0n) is 9.41. The third-order valence-corrected chi connectivity index (χ3v) is 2.85. The fourth-order valence-electron chi connectivity index (χ4n) is 2.01. The molecule has 1 unspecified atom stereocenters. The minimum atomic E-state index is -0.0742. The van der Waals surface area contributed by atoms with Crippen LogP contribution < -0.4 is 0 Å². The first-order valence-electron chi connectivity index (χ1n) is 5.59. The largest absolute Gasteiger partial charge is 0.508 e. The second-order valence-electron chi connectivity index (χ2n) is 3.92. The van der Waals surface area contributed by atoms with Gasteiger partial charge in [-0.2, -0.15) is 0 Å². The number of hydrogen-bond acceptors (Lipinski definition) is 2. The lowest BCUT2D eigenvalue weighted by Gasteiger charge is -2.16. The van der Waals surface area contributed by atoms with Crippen LogP contribution in [0.4, 0.5) is 0 Å². The Labute approximate surface area is 101 Å². The highest BCUT2D eigenvalue weighted by Gasteiger charge is 2.16. The Hall–Kier alpha value is -2.09. The molecule has 86 valence electrons. The van der Waals surface area contributed by atoms with Gasteiger partial charge in [-0.1, -0.05) is 48.5 Å². The van der Waals surface area contributed by atoms with Crippen molar-refractivity contribution < 1.29 is 9.90 Å². The van der Waals surface area contributed by atoms with E-state index in [2.05, 4.69) is 0 Å². The van der Waals surface area contributed by atoms with E-state index in [4.69, 9.17) is 0 Å². The first-order chi connectivity index (χ1) is 8.33. The molecule has 0 saturated heterocycles. The van der Waals surface area contributed by atoms with Crippen LogP contribution in [0, 0.1) is 0 Å². The van der Waals surface area contributed by atoms with Crippen LogP contribution in [0.15, 0.2) is 54.6 Å². The maximum Gasteiger partial charge on any atom is 0.120 e. The van der Waals surface area contributed by atoms with Gasteiger partial charge in [0.2, 0.25) is 0 Å². The van der Waals surface area contributed by atoms with Crippen LogP contribution in [0.25, 0.3) is 0 Å². The summed E-state index contributed by atoms with van der Waals surface area (Å²) in [6, 6.07) is 16.9. The predicted molar refractivity (Wildman–Crippen MR) is 67.1 cm³/mol. The molecule has 2 aromatic carbocycles. The van der Waals surface area contributed by atoms with E-state index >= 15 is 0 Å². The molecule has 2 rings (SSSR count). The van der Waals surface area contributed by atoms with Gasteiger partial charge in [0.1, 0.15) is 12.0 Å². The highest BCUT2D eigenvalue weighted by Crippen LogP contribution is 2.32. The van der Waals surface area contributed by atoms with E-state index in [1.807, 2.05) is 42.5 Å². The average molecular weight is 226 g/mol.